The highest BCUT2D eigenvalue weighted by molar-refractivity contribution is 6.62. The molecular weight excluding hydrogens is 433 g/mol. The van der Waals surface area contributed by atoms with Gasteiger partial charge in [-0.3, -0.25) is 0 Å². The van der Waals surface area contributed by atoms with Crippen molar-refractivity contribution in [3.63, 3.8) is 0 Å². The topological polar surface area (TPSA) is 36.5 Å². The molecule has 0 saturated carbocycles. The average Bonchev–Trinajstić information content (AvgIpc) is 3.66. The lowest BCUT2D eigenvalue weighted by atomic mass is 9.79. The van der Waals surface area contributed by atoms with Gasteiger partial charge < -0.3 is 18.3 Å². The van der Waals surface area contributed by atoms with Gasteiger partial charge in [0.05, 0.1) is 41.4 Å². The van der Waals surface area contributed by atoms with Crippen molar-refractivity contribution in [2.45, 2.75) is 38.9 Å². The minimum absolute atomic E-state index is 0.202. The third-order valence-corrected chi connectivity index (χ3v) is 6.81. The Morgan fingerprint density at radius 3 is 2.06 bits per heavy atom. The Bertz CT molecular complexity index is 2480. The Kier molecular flexibility index (Phi) is 2.21. The van der Waals surface area contributed by atoms with Crippen LogP contribution in [-0.4, -0.2) is 22.9 Å². The van der Waals surface area contributed by atoms with Crippen molar-refractivity contribution in [1.29, 1.82) is 0 Å². The van der Waals surface area contributed by atoms with Gasteiger partial charge in [-0.05, 0) is 63.4 Å². The van der Waals surface area contributed by atoms with Gasteiger partial charge in [0.25, 0.3) is 0 Å². The highest BCUT2D eigenvalue weighted by Crippen LogP contribution is 2.40. The third-order valence-electron chi connectivity index (χ3n) is 6.81. The predicted octanol–water partition coefficient (Wildman–Crippen LogP) is 6.98. The van der Waals surface area contributed by atoms with Crippen LogP contribution in [0.2, 0.25) is 0 Å². The molecule has 4 aromatic carbocycles. The Hall–Kier alpha value is -3.54. The van der Waals surface area contributed by atoms with Crippen molar-refractivity contribution in [1.82, 2.24) is 4.57 Å². The predicted molar refractivity (Wildman–Crippen MR) is 144 cm³/mol. The monoisotopic (exact) mass is 473 g/mol. The first kappa shape index (κ1) is 11.0. The number of hydrogen-bond acceptors (Lipinski definition) is 3. The normalized spacial score (nSPS) is 22.9. The van der Waals surface area contributed by atoms with Gasteiger partial charge in [0.1, 0.15) is 5.58 Å². The number of para-hydroxylation sites is 2. The molecule has 5 heteroatoms. The molecule has 0 amide bonds. The molecule has 1 fully saturated rings. The smallest absolute Gasteiger partial charge is 0.454 e. The summed E-state index contributed by atoms with van der Waals surface area (Å²) in [5.41, 5.74) is -3.67. The van der Waals surface area contributed by atoms with Gasteiger partial charge in [0, 0.05) is 27.2 Å². The molecule has 0 bridgehead atoms. The molecule has 3 heterocycles. The van der Waals surface area contributed by atoms with Crippen molar-refractivity contribution >= 4 is 56.3 Å². The summed E-state index contributed by atoms with van der Waals surface area (Å²) >= 11 is 0. The summed E-state index contributed by atoms with van der Waals surface area (Å²) in [5, 5.41) is -0.926. The number of benzene rings is 4. The molecule has 172 valence electrons. The molecule has 7 rings (SSSR count). The Morgan fingerprint density at radius 2 is 1.31 bits per heavy atom. The van der Waals surface area contributed by atoms with E-state index in [4.69, 9.17) is 30.2 Å². The first-order valence-electron chi connectivity index (χ1n) is 18.0. The van der Waals surface area contributed by atoms with E-state index in [-0.39, 0.29) is 49.2 Å². The van der Waals surface area contributed by atoms with Gasteiger partial charge in [-0.2, -0.15) is 0 Å². The summed E-state index contributed by atoms with van der Waals surface area (Å²) in [6, 6.07) is -8.50. The molecule has 2 aromatic heterocycles. The van der Waals surface area contributed by atoms with Gasteiger partial charge >= 0.3 is 7.12 Å². The van der Waals surface area contributed by atoms with Crippen molar-refractivity contribution in [2.75, 3.05) is 0 Å². The van der Waals surface area contributed by atoms with Crippen molar-refractivity contribution in [2.24, 2.45) is 0 Å². The minimum atomic E-state index is -1.29. The second-order valence-corrected chi connectivity index (χ2v) is 9.39. The fraction of sp³-hybridized carbons (Fsp3) is 0.200. The van der Waals surface area contributed by atoms with Crippen LogP contribution in [0.3, 0.4) is 0 Å². The van der Waals surface area contributed by atoms with E-state index in [0.29, 0.717) is 0 Å². The minimum Gasteiger partial charge on any atom is -0.454 e. The van der Waals surface area contributed by atoms with Crippen LogP contribution in [0.1, 0.15) is 46.9 Å². The maximum absolute atomic E-state index is 9.18. The van der Waals surface area contributed by atoms with Gasteiger partial charge in [0.15, 0.2) is 5.58 Å². The van der Waals surface area contributed by atoms with Crippen LogP contribution in [0, 0.1) is 0 Å². The van der Waals surface area contributed by atoms with Gasteiger partial charge in [0.2, 0.25) is 0 Å². The van der Waals surface area contributed by atoms with E-state index in [2.05, 4.69) is 0 Å². The number of hydrogen-bond donors (Lipinski definition) is 0. The second-order valence-electron chi connectivity index (χ2n) is 9.39. The zero-order chi connectivity index (χ0) is 36.1. The van der Waals surface area contributed by atoms with E-state index in [1.165, 1.54) is 0 Å². The molecule has 35 heavy (non-hydrogen) atoms. The Balaban J connectivity index is 1.74. The largest absolute Gasteiger partial charge is 0.494 e. The van der Waals surface area contributed by atoms with Gasteiger partial charge in [-0.1, -0.05) is 54.4 Å². The van der Waals surface area contributed by atoms with Gasteiger partial charge in [-0.15, -0.1) is 0 Å². The zero-order valence-electron chi connectivity index (χ0n) is 33.2. The van der Waals surface area contributed by atoms with E-state index < -0.39 is 109 Å². The Morgan fingerprint density at radius 1 is 0.686 bits per heavy atom. The van der Waals surface area contributed by atoms with E-state index >= 15 is 0 Å². The molecule has 1 aliphatic heterocycles. The molecular formula is C30H26BNO3. The van der Waals surface area contributed by atoms with Crippen LogP contribution in [0.25, 0.3) is 49.4 Å². The van der Waals surface area contributed by atoms with Crippen LogP contribution in [0.4, 0.5) is 0 Å². The summed E-state index contributed by atoms with van der Waals surface area (Å²) in [6.07, 6.45) is 0. The van der Waals surface area contributed by atoms with Crippen LogP contribution in [-0.2, 0) is 9.31 Å². The first-order chi connectivity index (χ1) is 22.7. The molecule has 0 atom stereocenters. The number of furan rings is 1. The Labute approximate surface area is 223 Å². The second kappa shape index (κ2) is 7.00. The van der Waals surface area contributed by atoms with Crippen molar-refractivity contribution in [3.05, 3.63) is 84.6 Å². The lowest BCUT2D eigenvalue weighted by molar-refractivity contribution is 0.00578. The summed E-state index contributed by atoms with van der Waals surface area (Å²) < 4.78 is 142. The molecule has 0 radical (unpaired) electrons. The molecule has 0 N–H and O–H groups in total. The average molecular weight is 473 g/mol. The fourth-order valence-electron chi connectivity index (χ4n) is 4.29. The van der Waals surface area contributed by atoms with Crippen LogP contribution in [0.5, 0.6) is 0 Å². The van der Waals surface area contributed by atoms with Crippen LogP contribution in [0.15, 0.2) is 89.0 Å². The molecule has 6 aromatic rings. The fourth-order valence-corrected chi connectivity index (χ4v) is 4.29. The quantitative estimate of drug-likeness (QED) is 0.255. The first-order valence-corrected chi connectivity index (χ1v) is 11.0. The van der Waals surface area contributed by atoms with Gasteiger partial charge in [-0.25, -0.2) is 0 Å². The summed E-state index contributed by atoms with van der Waals surface area (Å²) in [7, 11) is -1.29. The molecule has 1 saturated heterocycles. The standard InChI is InChI=1S/C30H26BNO3/c1-29(2)30(3,4)35-31(34-29)19-13-15-20(16-14-19)32-25-11-7-5-9-21(25)23-17-18-24-22-10-6-8-12-26(22)33-28(24)27(23)32/h5-18H,1-4H3/i5D,6D,7D,8D,9D,10D,11D,12D,13D,14D,15D,16D,17D,18D. The number of fused-ring (bicyclic) bond motifs is 7. The summed E-state index contributed by atoms with van der Waals surface area (Å²) in [5.74, 6) is 0. The zero-order valence-corrected chi connectivity index (χ0v) is 19.2. The highest BCUT2D eigenvalue weighted by atomic mass is 16.7. The maximum atomic E-state index is 9.18. The summed E-state index contributed by atoms with van der Waals surface area (Å²) in [4.78, 5) is 0. The number of nitrogens with zero attached hydrogens (tertiary/aromatic N) is 1. The lowest BCUT2D eigenvalue weighted by Crippen LogP contribution is -2.41. The van der Waals surface area contributed by atoms with Crippen molar-refractivity contribution in [3.8, 4) is 5.69 Å². The van der Waals surface area contributed by atoms with E-state index in [1.807, 2.05) is 0 Å². The van der Waals surface area contributed by atoms with E-state index in [1.54, 1.807) is 27.7 Å². The van der Waals surface area contributed by atoms with Crippen LogP contribution >= 0.6 is 0 Å². The number of rotatable bonds is 2. The molecule has 0 spiro atoms. The highest BCUT2D eigenvalue weighted by Gasteiger charge is 2.51. The third kappa shape index (κ3) is 2.89. The van der Waals surface area contributed by atoms with E-state index in [9.17, 15) is 2.74 Å². The van der Waals surface area contributed by atoms with Crippen molar-refractivity contribution < 1.29 is 32.9 Å². The van der Waals surface area contributed by atoms with E-state index in [0.717, 1.165) is 4.57 Å². The lowest BCUT2D eigenvalue weighted by Gasteiger charge is -2.32. The summed E-state index contributed by atoms with van der Waals surface area (Å²) in [6.45, 7) is 7.05. The molecule has 1 aliphatic rings. The SMILES string of the molecule is [2H]c1c([2H])c(-n2c3c([2H])c([2H])c([2H])c([2H])c3c3c([2H])c([2H])c4c(oc5c([2H])c([2H])c([2H])c([2H])c54)c32)c([2H])c([2H])c1B1OC(C)(C)C(C)(C)O1. The number of aromatic nitrogens is 1. The molecule has 4 nitrogen and oxygen atoms in total. The maximum Gasteiger partial charge on any atom is 0.494 e. The molecule has 0 unspecified atom stereocenters. The molecule has 0 aliphatic carbocycles. The van der Waals surface area contributed by atoms with Crippen LogP contribution < -0.4 is 5.46 Å².